The maximum Gasteiger partial charge on any atom is 0.317 e. The molecule has 0 radical (unpaired) electrons. The summed E-state index contributed by atoms with van der Waals surface area (Å²) in [6, 6.07) is 6.85. The van der Waals surface area contributed by atoms with E-state index in [2.05, 4.69) is 26.1 Å². The van der Waals surface area contributed by atoms with Crippen LogP contribution >= 0.6 is 15.9 Å². The van der Waals surface area contributed by atoms with Crippen molar-refractivity contribution in [3.63, 3.8) is 0 Å². The number of nitrogens with zero attached hydrogens (tertiary/aromatic N) is 4. The Morgan fingerprint density at radius 1 is 1.27 bits per heavy atom. The van der Waals surface area contributed by atoms with E-state index in [4.69, 9.17) is 19.6 Å². The van der Waals surface area contributed by atoms with Crippen LogP contribution in [0, 0.1) is 5.41 Å². The van der Waals surface area contributed by atoms with Crippen LogP contribution in [0.5, 0.6) is 17.4 Å². The highest BCUT2D eigenvalue weighted by molar-refractivity contribution is 9.10. The van der Waals surface area contributed by atoms with Gasteiger partial charge in [0.1, 0.15) is 6.10 Å². The van der Waals surface area contributed by atoms with Gasteiger partial charge in [0.2, 0.25) is 11.4 Å². The number of fused-ring (bicyclic) bond motifs is 1. The number of halogens is 1. The van der Waals surface area contributed by atoms with Crippen LogP contribution in [0.25, 0.3) is 5.65 Å². The first kappa shape index (κ1) is 21.8. The number of hydrogen-bond donors (Lipinski definition) is 1. The quantitative estimate of drug-likeness (QED) is 0.374. The lowest BCUT2D eigenvalue weighted by atomic mass is 10.1. The standard InChI is InChI=1S/C20H24BrN5O4/c1-5-13(6-2)30-17-7-8-18-25(24-20(22)26(18)23-17)11-15(27)14-9-12(21)10-16(28-3)19(14)29-4/h7-10,13,22H,5-6,11H2,1-4H3. The first-order valence-electron chi connectivity index (χ1n) is 9.54. The Hall–Kier alpha value is -2.88. The first-order chi connectivity index (χ1) is 14.4. The predicted molar refractivity (Wildman–Crippen MR) is 111 cm³/mol. The van der Waals surface area contributed by atoms with E-state index in [9.17, 15) is 4.79 Å². The van der Waals surface area contributed by atoms with Gasteiger partial charge < -0.3 is 19.6 Å². The molecule has 0 saturated carbocycles. The van der Waals surface area contributed by atoms with Crippen LogP contribution in [0.15, 0.2) is 28.7 Å². The molecule has 0 spiro atoms. The SMILES string of the molecule is CCC(CC)Oc1ccc2n(n1)c(=N)[n-][n+]2CC(=O)c1cc(Br)cc(OC)c1OC. The summed E-state index contributed by atoms with van der Waals surface area (Å²) in [5.74, 6) is 0.966. The van der Waals surface area contributed by atoms with Gasteiger partial charge in [-0.15, -0.1) is 0 Å². The molecule has 0 aliphatic rings. The third-order valence-electron chi connectivity index (χ3n) is 4.71. The summed E-state index contributed by atoms with van der Waals surface area (Å²) in [5, 5.41) is 16.6. The largest absolute Gasteiger partial charge is 0.493 e. The molecule has 30 heavy (non-hydrogen) atoms. The highest BCUT2D eigenvalue weighted by Crippen LogP contribution is 2.34. The molecule has 0 aliphatic heterocycles. The Balaban J connectivity index is 1.94. The van der Waals surface area contributed by atoms with Gasteiger partial charge >= 0.3 is 5.65 Å². The summed E-state index contributed by atoms with van der Waals surface area (Å²) < 4.78 is 20.0. The molecule has 1 aromatic carbocycles. The number of carbonyl (C=O) groups excluding carboxylic acids is 1. The number of methoxy groups -OCH3 is 2. The Bertz CT molecular complexity index is 1120. The van der Waals surface area contributed by atoms with Crippen LogP contribution in [0.1, 0.15) is 37.0 Å². The van der Waals surface area contributed by atoms with Gasteiger partial charge in [0.15, 0.2) is 18.0 Å². The van der Waals surface area contributed by atoms with Crippen LogP contribution in [-0.2, 0) is 6.54 Å². The van der Waals surface area contributed by atoms with Crippen molar-refractivity contribution in [2.45, 2.75) is 39.3 Å². The zero-order valence-electron chi connectivity index (χ0n) is 17.3. The second-order valence-corrected chi connectivity index (χ2v) is 7.51. The topological polar surface area (TPSA) is 104 Å². The number of carbonyl (C=O) groups is 1. The van der Waals surface area contributed by atoms with Crippen LogP contribution < -0.4 is 29.6 Å². The molecule has 0 atom stereocenters. The third-order valence-corrected chi connectivity index (χ3v) is 5.16. The van der Waals surface area contributed by atoms with Gasteiger partial charge in [-0.3, -0.25) is 4.79 Å². The smallest absolute Gasteiger partial charge is 0.317 e. The molecule has 2 aromatic heterocycles. The highest BCUT2D eigenvalue weighted by Gasteiger charge is 2.23. The molecule has 0 fully saturated rings. The van der Waals surface area contributed by atoms with Gasteiger partial charge in [-0.25, -0.2) is 0 Å². The van der Waals surface area contributed by atoms with E-state index in [0.717, 1.165) is 12.8 Å². The van der Waals surface area contributed by atoms with Gasteiger partial charge in [0, 0.05) is 16.6 Å². The molecule has 1 N–H and O–H groups in total. The van der Waals surface area contributed by atoms with E-state index in [1.165, 1.54) is 23.4 Å². The number of ether oxygens (including phenoxy) is 3. The maximum atomic E-state index is 13.0. The molecular weight excluding hydrogens is 454 g/mol. The third kappa shape index (κ3) is 4.33. The summed E-state index contributed by atoms with van der Waals surface area (Å²) in [7, 11) is 2.99. The number of rotatable bonds is 9. The van der Waals surface area contributed by atoms with Crippen LogP contribution in [0.2, 0.25) is 0 Å². The second kappa shape index (κ2) is 9.29. The van der Waals surface area contributed by atoms with Crippen LogP contribution in [0.4, 0.5) is 0 Å². The molecule has 10 heteroatoms. The number of ketones is 1. The molecule has 3 rings (SSSR count). The van der Waals surface area contributed by atoms with Gasteiger partial charge in [-0.05, 0) is 30.1 Å². The molecule has 0 saturated heterocycles. The van der Waals surface area contributed by atoms with E-state index >= 15 is 0 Å². The maximum absolute atomic E-state index is 13.0. The minimum atomic E-state index is -0.242. The minimum absolute atomic E-state index is 0.0559. The lowest BCUT2D eigenvalue weighted by Gasteiger charge is -2.13. The summed E-state index contributed by atoms with van der Waals surface area (Å²) in [6.07, 6.45) is 1.78. The number of aromatic nitrogens is 4. The lowest BCUT2D eigenvalue weighted by molar-refractivity contribution is -0.721. The monoisotopic (exact) mass is 477 g/mol. The van der Waals surface area contributed by atoms with Crippen molar-refractivity contribution in [1.82, 2.24) is 14.7 Å². The molecule has 2 heterocycles. The first-order valence-corrected chi connectivity index (χ1v) is 10.3. The van der Waals surface area contributed by atoms with E-state index in [0.29, 0.717) is 33.1 Å². The average Bonchev–Trinajstić information content (AvgIpc) is 3.05. The zero-order chi connectivity index (χ0) is 21.8. The lowest BCUT2D eigenvalue weighted by Crippen LogP contribution is -2.43. The molecule has 0 unspecified atom stereocenters. The average molecular weight is 478 g/mol. The summed E-state index contributed by atoms with van der Waals surface area (Å²) in [4.78, 5) is 13.0. The van der Waals surface area contributed by atoms with Crippen molar-refractivity contribution in [3.8, 4) is 17.4 Å². The second-order valence-electron chi connectivity index (χ2n) is 6.59. The van der Waals surface area contributed by atoms with E-state index in [-0.39, 0.29) is 24.1 Å². The molecule has 160 valence electrons. The van der Waals surface area contributed by atoms with Gasteiger partial charge in [0.05, 0.1) is 19.8 Å². The fraction of sp³-hybridized carbons (Fsp3) is 0.400. The van der Waals surface area contributed by atoms with Gasteiger partial charge in [-0.2, -0.15) is 9.78 Å². The fourth-order valence-electron chi connectivity index (χ4n) is 3.12. The molecular formula is C20H24BrN5O4. The summed E-state index contributed by atoms with van der Waals surface area (Å²) >= 11 is 3.39. The van der Waals surface area contributed by atoms with Crippen LogP contribution in [0.3, 0.4) is 0 Å². The number of hydrogen-bond acceptors (Lipinski definition) is 6. The van der Waals surface area contributed by atoms with Crippen molar-refractivity contribution in [3.05, 3.63) is 39.9 Å². The number of Topliss-reactive ketones (excluding diaryl/α,β-unsaturated/α-hetero) is 1. The Morgan fingerprint density at radius 2 is 2.00 bits per heavy atom. The molecule has 0 aliphatic carbocycles. The Morgan fingerprint density at radius 3 is 2.63 bits per heavy atom. The predicted octanol–water partition coefficient (Wildman–Crippen LogP) is 2.29. The minimum Gasteiger partial charge on any atom is -0.493 e. The van der Waals surface area contributed by atoms with Crippen LogP contribution in [-0.4, -0.2) is 35.7 Å². The van der Waals surface area contributed by atoms with E-state index in [1.807, 2.05) is 13.8 Å². The number of nitrogens with one attached hydrogen (secondary N) is 1. The van der Waals surface area contributed by atoms with E-state index in [1.54, 1.807) is 24.3 Å². The Kier molecular flexibility index (Phi) is 6.76. The Labute approximate surface area is 182 Å². The van der Waals surface area contributed by atoms with Gasteiger partial charge in [-0.1, -0.05) is 34.3 Å². The summed E-state index contributed by atoms with van der Waals surface area (Å²) in [5.41, 5.74) is 0.767. The van der Waals surface area contributed by atoms with Gasteiger partial charge in [0.25, 0.3) is 5.88 Å². The fourth-order valence-corrected chi connectivity index (χ4v) is 3.56. The van der Waals surface area contributed by atoms with Crippen molar-refractivity contribution >= 4 is 27.4 Å². The normalized spacial score (nSPS) is 11.1. The van der Waals surface area contributed by atoms with Crippen molar-refractivity contribution in [2.24, 2.45) is 0 Å². The molecule has 3 aromatic rings. The zero-order valence-corrected chi connectivity index (χ0v) is 18.9. The van der Waals surface area contributed by atoms with Crippen molar-refractivity contribution < 1.29 is 23.7 Å². The number of benzene rings is 1. The van der Waals surface area contributed by atoms with Crippen molar-refractivity contribution in [2.75, 3.05) is 14.2 Å². The summed E-state index contributed by atoms with van der Waals surface area (Å²) in [6.45, 7) is 4.00. The van der Waals surface area contributed by atoms with E-state index < -0.39 is 0 Å². The highest BCUT2D eigenvalue weighted by atomic mass is 79.9. The van der Waals surface area contributed by atoms with Crippen molar-refractivity contribution in [1.29, 1.82) is 5.41 Å². The molecule has 0 bridgehead atoms. The molecule has 0 amide bonds. The molecule has 9 nitrogen and oxygen atoms in total.